The number of sulfonamides is 1. The lowest BCUT2D eigenvalue weighted by molar-refractivity contribution is -0.116. The van der Waals surface area contributed by atoms with E-state index in [4.69, 9.17) is 28.3 Å². The van der Waals surface area contributed by atoms with Gasteiger partial charge in [-0.2, -0.15) is 10.4 Å². The molecule has 5 aromatic rings. The van der Waals surface area contributed by atoms with Crippen LogP contribution in [0.2, 0.25) is 10.0 Å². The molecular formula is C38H34Cl2FN5O4S. The largest absolute Gasteiger partial charge is 0.326 e. The normalized spacial score (nSPS) is 11.2. The molecule has 0 saturated heterocycles. The number of rotatable bonds is 13. The van der Waals surface area contributed by atoms with Gasteiger partial charge < -0.3 is 5.32 Å². The van der Waals surface area contributed by atoms with E-state index in [1.54, 1.807) is 42.5 Å². The lowest BCUT2D eigenvalue weighted by Crippen LogP contribution is -2.31. The Balaban J connectivity index is 1.49. The first-order valence-electron chi connectivity index (χ1n) is 16.3. The van der Waals surface area contributed by atoms with Crippen LogP contribution in [0.15, 0.2) is 89.8 Å². The molecule has 0 atom stereocenters. The van der Waals surface area contributed by atoms with Gasteiger partial charge in [-0.05, 0) is 72.9 Å². The highest BCUT2D eigenvalue weighted by Crippen LogP contribution is 2.32. The summed E-state index contributed by atoms with van der Waals surface area (Å²) in [6.45, 7) is 3.93. The van der Waals surface area contributed by atoms with Gasteiger partial charge in [0.15, 0.2) is 0 Å². The third-order valence-corrected chi connectivity index (χ3v) is 10.2. The maximum atomic E-state index is 16.0. The van der Waals surface area contributed by atoms with Gasteiger partial charge in [0.2, 0.25) is 5.91 Å². The van der Waals surface area contributed by atoms with Crippen LogP contribution in [0.3, 0.4) is 0 Å². The van der Waals surface area contributed by atoms with Crippen molar-refractivity contribution in [3.05, 3.63) is 129 Å². The van der Waals surface area contributed by atoms with Crippen LogP contribution in [0.25, 0.3) is 16.8 Å². The molecule has 0 fully saturated rings. The van der Waals surface area contributed by atoms with Gasteiger partial charge in [-0.1, -0.05) is 85.9 Å². The van der Waals surface area contributed by atoms with Crippen molar-refractivity contribution in [3.63, 3.8) is 0 Å². The quantitative estimate of drug-likeness (QED) is 0.124. The molecule has 0 saturated carbocycles. The van der Waals surface area contributed by atoms with Gasteiger partial charge in [0.1, 0.15) is 17.6 Å². The first-order chi connectivity index (χ1) is 24.5. The Labute approximate surface area is 306 Å². The van der Waals surface area contributed by atoms with E-state index in [0.29, 0.717) is 46.9 Å². The second kappa shape index (κ2) is 16.3. The molecule has 0 radical (unpaired) electrons. The molecule has 51 heavy (non-hydrogen) atoms. The van der Waals surface area contributed by atoms with Crippen LogP contribution >= 0.6 is 23.2 Å². The first kappa shape index (κ1) is 37.2. The second-order valence-corrected chi connectivity index (χ2v) is 14.2. The molecule has 262 valence electrons. The summed E-state index contributed by atoms with van der Waals surface area (Å²) >= 11 is 12.7. The summed E-state index contributed by atoms with van der Waals surface area (Å²) in [7, 11) is -4.40. The molecule has 0 aliphatic heterocycles. The van der Waals surface area contributed by atoms with Crippen LogP contribution < -0.4 is 10.0 Å². The number of hydrogen-bond acceptors (Lipinski definition) is 6. The number of anilines is 1. The van der Waals surface area contributed by atoms with E-state index in [1.165, 1.54) is 47.1 Å². The summed E-state index contributed by atoms with van der Waals surface area (Å²) in [4.78, 5) is 24.9. The minimum absolute atomic E-state index is 0.0114. The van der Waals surface area contributed by atoms with E-state index in [-0.39, 0.29) is 50.2 Å². The van der Waals surface area contributed by atoms with Gasteiger partial charge in [0, 0.05) is 29.7 Å². The summed E-state index contributed by atoms with van der Waals surface area (Å²) < 4.78 is 46.3. The fourth-order valence-electron chi connectivity index (χ4n) is 5.58. The summed E-state index contributed by atoms with van der Waals surface area (Å²) in [5, 5.41) is 18.3. The Kier molecular flexibility index (Phi) is 11.9. The van der Waals surface area contributed by atoms with E-state index in [2.05, 4.69) is 16.1 Å². The van der Waals surface area contributed by atoms with Crippen molar-refractivity contribution in [1.82, 2.24) is 14.5 Å². The smallest absolute Gasteiger partial charge is 0.266 e. The highest BCUT2D eigenvalue weighted by Gasteiger charge is 2.25. The number of aromatic nitrogens is 2. The van der Waals surface area contributed by atoms with E-state index in [0.717, 1.165) is 12.8 Å². The zero-order chi connectivity index (χ0) is 36.7. The molecule has 0 aliphatic carbocycles. The molecule has 13 heteroatoms. The third-order valence-electron chi connectivity index (χ3n) is 8.13. The topological polar surface area (TPSA) is 134 Å². The number of nitrogens with one attached hydrogen (secondary N) is 2. The number of nitriles is 1. The standard InChI is InChI=1S/C38H34Cl2FN5O4S/c1-3-5-14-33-29(35(23-42)46(44-33)34-22-26(18-19-31(34)40)43-37(47)10-4-2)20-25-17-16-24(21-32(25)41)27-11-7-9-15-36(27)51(49,50)45-38(48)28-12-6-8-13-30(28)39/h6-9,11-13,15-19,21-22H,3-5,10,14,20H2,1-2H3,(H,43,47)(H,45,48). The van der Waals surface area contributed by atoms with Gasteiger partial charge in [-0.15, -0.1) is 0 Å². The fraction of sp³-hybridized carbons (Fsp3) is 0.211. The minimum atomic E-state index is -4.40. The number of unbranched alkanes of at least 4 members (excludes halogenated alkanes) is 1. The number of amides is 2. The number of hydrogen-bond donors (Lipinski definition) is 2. The van der Waals surface area contributed by atoms with Crippen molar-refractivity contribution >= 4 is 50.7 Å². The summed E-state index contributed by atoms with van der Waals surface area (Å²) in [6.07, 6.45) is 3.21. The zero-order valence-electron chi connectivity index (χ0n) is 27.8. The van der Waals surface area contributed by atoms with E-state index >= 15 is 4.39 Å². The molecule has 1 heterocycles. The third kappa shape index (κ3) is 8.48. The predicted molar refractivity (Wildman–Crippen MR) is 196 cm³/mol. The summed E-state index contributed by atoms with van der Waals surface area (Å²) in [5.74, 6) is -1.69. The lowest BCUT2D eigenvalue weighted by atomic mass is 9.97. The molecule has 0 aliphatic rings. The van der Waals surface area contributed by atoms with Crippen molar-refractivity contribution < 1.29 is 22.4 Å². The Morgan fingerprint density at radius 2 is 1.69 bits per heavy atom. The maximum Gasteiger partial charge on any atom is 0.266 e. The predicted octanol–water partition coefficient (Wildman–Crippen LogP) is 8.65. The number of nitrogens with zero attached hydrogens (tertiary/aromatic N) is 3. The van der Waals surface area contributed by atoms with Gasteiger partial charge in [-0.3, -0.25) is 9.59 Å². The average molecular weight is 747 g/mol. The second-order valence-electron chi connectivity index (χ2n) is 11.8. The Morgan fingerprint density at radius 3 is 2.39 bits per heavy atom. The van der Waals surface area contributed by atoms with Crippen molar-refractivity contribution in [3.8, 4) is 22.9 Å². The van der Waals surface area contributed by atoms with Gasteiger partial charge in [-0.25, -0.2) is 22.2 Å². The monoisotopic (exact) mass is 745 g/mol. The van der Waals surface area contributed by atoms with Crippen LogP contribution in [0.4, 0.5) is 10.1 Å². The molecule has 1 aromatic heterocycles. The fourth-order valence-corrected chi connectivity index (χ4v) is 7.20. The summed E-state index contributed by atoms with van der Waals surface area (Å²) in [6, 6.07) is 23.5. The van der Waals surface area contributed by atoms with Crippen molar-refractivity contribution in [1.29, 1.82) is 5.26 Å². The summed E-state index contributed by atoms with van der Waals surface area (Å²) in [5.41, 5.74) is 2.88. The van der Waals surface area contributed by atoms with Crippen molar-refractivity contribution in [2.24, 2.45) is 0 Å². The highest BCUT2D eigenvalue weighted by molar-refractivity contribution is 7.90. The zero-order valence-corrected chi connectivity index (χ0v) is 30.2. The van der Waals surface area contributed by atoms with Gasteiger partial charge in [0.25, 0.3) is 15.9 Å². The molecule has 0 bridgehead atoms. The number of halogens is 3. The van der Waals surface area contributed by atoms with Crippen LogP contribution in [0, 0.1) is 17.1 Å². The SMILES string of the molecule is CCCCc1nn(-c2cc(NC(=O)CCC)ccc2Cl)c(C#N)c1Cc1ccc(-c2ccccc2S(=O)(=O)NC(=O)c2ccccc2Cl)cc1F. The molecule has 2 amide bonds. The Hall–Kier alpha value is -5.02. The van der Waals surface area contributed by atoms with Crippen LogP contribution in [-0.4, -0.2) is 30.0 Å². The number of benzene rings is 4. The van der Waals surface area contributed by atoms with Crippen molar-refractivity contribution in [2.45, 2.75) is 57.3 Å². The van der Waals surface area contributed by atoms with Crippen molar-refractivity contribution in [2.75, 3.05) is 5.32 Å². The molecule has 4 aromatic carbocycles. The molecule has 5 rings (SSSR count). The molecule has 2 N–H and O–H groups in total. The Bertz CT molecular complexity index is 2270. The number of aryl methyl sites for hydroxylation is 1. The lowest BCUT2D eigenvalue weighted by Gasteiger charge is -2.13. The first-order valence-corrected chi connectivity index (χ1v) is 18.5. The Morgan fingerprint density at radius 1 is 0.941 bits per heavy atom. The van der Waals surface area contributed by atoms with Gasteiger partial charge in [0.05, 0.1) is 31.9 Å². The molecule has 0 spiro atoms. The van der Waals surface area contributed by atoms with Gasteiger partial charge >= 0.3 is 0 Å². The van der Waals surface area contributed by atoms with Crippen LogP contribution in [0.5, 0.6) is 0 Å². The maximum absolute atomic E-state index is 16.0. The average Bonchev–Trinajstić information content (AvgIpc) is 3.45. The van der Waals surface area contributed by atoms with E-state index in [9.17, 15) is 23.3 Å². The van der Waals surface area contributed by atoms with Crippen LogP contribution in [-0.2, 0) is 27.7 Å². The molecule has 9 nitrogen and oxygen atoms in total. The minimum Gasteiger partial charge on any atom is -0.326 e. The molecule has 0 unspecified atom stereocenters. The molecular weight excluding hydrogens is 712 g/mol. The number of carbonyl (C=O) groups is 2. The highest BCUT2D eigenvalue weighted by atomic mass is 35.5. The van der Waals surface area contributed by atoms with E-state index < -0.39 is 21.7 Å². The number of carbonyl (C=O) groups excluding carboxylic acids is 2. The van der Waals surface area contributed by atoms with Crippen LogP contribution in [0.1, 0.15) is 72.4 Å². The van der Waals surface area contributed by atoms with E-state index in [1.807, 2.05) is 13.8 Å².